The van der Waals surface area contributed by atoms with Crippen LogP contribution in [-0.2, 0) is 4.74 Å². The highest BCUT2D eigenvalue weighted by molar-refractivity contribution is 5.49. The second-order valence-electron chi connectivity index (χ2n) is 5.46. The maximum absolute atomic E-state index is 12.2. The third-order valence-corrected chi connectivity index (χ3v) is 3.78. The number of aliphatic hydroxyl groups is 4. The normalized spacial score (nSPS) is 30.2. The molecule has 2 rings (SSSR count). The fourth-order valence-corrected chi connectivity index (χ4v) is 2.49. The van der Waals surface area contributed by atoms with Crippen LogP contribution < -0.4 is 5.63 Å². The molecule has 0 aliphatic carbocycles. The first-order valence-electron chi connectivity index (χ1n) is 7.54. The van der Waals surface area contributed by atoms with E-state index in [9.17, 15) is 30.3 Å². The van der Waals surface area contributed by atoms with Crippen molar-refractivity contribution >= 4 is 6.08 Å². The van der Waals surface area contributed by atoms with Gasteiger partial charge in [-0.15, -0.1) is 0 Å². The molecule has 1 aliphatic rings. The zero-order valence-corrected chi connectivity index (χ0v) is 13.2. The van der Waals surface area contributed by atoms with Crippen molar-refractivity contribution in [2.45, 2.75) is 30.5 Å². The zero-order valence-electron chi connectivity index (χ0n) is 13.2. The highest BCUT2D eigenvalue weighted by Gasteiger charge is 2.46. The molecule has 5 atom stereocenters. The van der Waals surface area contributed by atoms with E-state index in [1.807, 2.05) is 0 Å². The SMILES string of the molecule is C=CC=CC=Cc1cc(O)c(C2OC(CO)C(O)C(O)C2O)c(=O)o1. The van der Waals surface area contributed by atoms with Crippen molar-refractivity contribution < 1.29 is 34.7 Å². The molecule has 8 heteroatoms. The van der Waals surface area contributed by atoms with Crippen molar-refractivity contribution in [3.8, 4) is 5.75 Å². The number of allylic oxidation sites excluding steroid dienone is 4. The van der Waals surface area contributed by atoms with Gasteiger partial charge in [0, 0.05) is 6.07 Å². The number of ether oxygens (including phenoxy) is 1. The van der Waals surface area contributed by atoms with Crippen molar-refractivity contribution in [1.82, 2.24) is 0 Å². The van der Waals surface area contributed by atoms with Gasteiger partial charge in [-0.05, 0) is 6.08 Å². The third kappa shape index (κ3) is 4.06. The first kappa shape index (κ1) is 19.1. The van der Waals surface area contributed by atoms with Gasteiger partial charge in [0.25, 0.3) is 0 Å². The number of hydrogen-bond acceptors (Lipinski definition) is 8. The van der Waals surface area contributed by atoms with E-state index in [0.29, 0.717) is 0 Å². The summed E-state index contributed by atoms with van der Waals surface area (Å²) in [6, 6.07) is 1.15. The van der Waals surface area contributed by atoms with Crippen LogP contribution in [-0.4, -0.2) is 56.6 Å². The second-order valence-corrected chi connectivity index (χ2v) is 5.46. The second kappa shape index (κ2) is 8.24. The minimum absolute atomic E-state index is 0.0598. The van der Waals surface area contributed by atoms with Crippen molar-refractivity contribution in [1.29, 1.82) is 0 Å². The van der Waals surface area contributed by atoms with Gasteiger partial charge in [0.1, 0.15) is 47.6 Å². The molecule has 0 amide bonds. The molecule has 5 unspecified atom stereocenters. The summed E-state index contributed by atoms with van der Waals surface area (Å²) >= 11 is 0. The lowest BCUT2D eigenvalue weighted by atomic mass is 9.91. The van der Waals surface area contributed by atoms with Crippen LogP contribution in [0.15, 0.2) is 46.2 Å². The molecule has 0 spiro atoms. The van der Waals surface area contributed by atoms with Gasteiger partial charge in [-0.2, -0.15) is 0 Å². The van der Waals surface area contributed by atoms with Crippen molar-refractivity contribution in [2.75, 3.05) is 6.61 Å². The molecule has 1 saturated heterocycles. The van der Waals surface area contributed by atoms with Crippen LogP contribution in [0.5, 0.6) is 5.75 Å². The molecule has 136 valence electrons. The molecule has 2 heterocycles. The summed E-state index contributed by atoms with van der Waals surface area (Å²) in [5.41, 5.74) is -1.38. The average molecular weight is 352 g/mol. The Balaban J connectivity index is 2.36. The molecule has 8 nitrogen and oxygen atoms in total. The quantitative estimate of drug-likeness (QED) is 0.452. The van der Waals surface area contributed by atoms with Crippen LogP contribution >= 0.6 is 0 Å². The van der Waals surface area contributed by atoms with Crippen LogP contribution in [0.2, 0.25) is 0 Å². The van der Waals surface area contributed by atoms with Gasteiger partial charge < -0.3 is 34.7 Å². The summed E-state index contributed by atoms with van der Waals surface area (Å²) in [7, 11) is 0. The Kier molecular flexibility index (Phi) is 6.29. The van der Waals surface area contributed by atoms with Crippen LogP contribution in [0.3, 0.4) is 0 Å². The Morgan fingerprint density at radius 3 is 2.44 bits per heavy atom. The molecular formula is C17H20O8. The van der Waals surface area contributed by atoms with E-state index in [1.54, 1.807) is 24.3 Å². The minimum atomic E-state index is -1.69. The molecule has 0 saturated carbocycles. The highest BCUT2D eigenvalue weighted by Crippen LogP contribution is 2.35. The van der Waals surface area contributed by atoms with Crippen molar-refractivity contribution in [2.24, 2.45) is 0 Å². The minimum Gasteiger partial charge on any atom is -0.507 e. The summed E-state index contributed by atoms with van der Waals surface area (Å²) in [5, 5.41) is 48.9. The van der Waals surface area contributed by atoms with Gasteiger partial charge in [0.2, 0.25) is 0 Å². The van der Waals surface area contributed by atoms with Crippen LogP contribution in [0.1, 0.15) is 17.4 Å². The molecule has 25 heavy (non-hydrogen) atoms. The first-order chi connectivity index (χ1) is 11.9. The topological polar surface area (TPSA) is 141 Å². The highest BCUT2D eigenvalue weighted by atomic mass is 16.5. The molecule has 5 N–H and O–H groups in total. The van der Waals surface area contributed by atoms with Gasteiger partial charge in [0.15, 0.2) is 0 Å². The maximum Gasteiger partial charge on any atom is 0.345 e. The van der Waals surface area contributed by atoms with E-state index in [0.717, 1.165) is 6.07 Å². The monoisotopic (exact) mass is 352 g/mol. The maximum atomic E-state index is 12.2. The van der Waals surface area contributed by atoms with Gasteiger partial charge >= 0.3 is 5.63 Å². The van der Waals surface area contributed by atoms with Crippen molar-refractivity contribution in [3.63, 3.8) is 0 Å². The number of hydrogen-bond donors (Lipinski definition) is 5. The lowest BCUT2D eigenvalue weighted by Gasteiger charge is -2.39. The predicted octanol–water partition coefficient (Wildman–Crippen LogP) is -0.384. The standard InChI is InChI=1S/C17H20O8/c1-2-3-4-5-6-9-7-10(19)12(17(23)24-9)16-15(22)14(21)13(20)11(8-18)25-16/h2-7,11,13-16,18-22H,1,8H2. The van der Waals surface area contributed by atoms with E-state index in [1.165, 1.54) is 6.08 Å². The number of aliphatic hydroxyl groups excluding tert-OH is 4. The van der Waals surface area contributed by atoms with Gasteiger partial charge in [-0.25, -0.2) is 4.79 Å². The van der Waals surface area contributed by atoms with Crippen LogP contribution in [0, 0.1) is 0 Å². The molecule has 0 radical (unpaired) electrons. The average Bonchev–Trinajstić information content (AvgIpc) is 2.58. The molecule has 1 aliphatic heterocycles. The van der Waals surface area contributed by atoms with Gasteiger partial charge in [-0.1, -0.05) is 30.9 Å². The Hall–Kier alpha value is -2.23. The Morgan fingerprint density at radius 1 is 1.12 bits per heavy atom. The Bertz CT molecular complexity index is 718. The molecule has 0 aromatic carbocycles. The van der Waals surface area contributed by atoms with Gasteiger partial charge in [-0.3, -0.25) is 0 Å². The third-order valence-electron chi connectivity index (χ3n) is 3.78. The molecule has 1 aromatic heterocycles. The molecule has 1 aromatic rings. The summed E-state index contributed by atoms with van der Waals surface area (Å²) in [6.07, 6.45) is 0.236. The summed E-state index contributed by atoms with van der Waals surface area (Å²) in [6.45, 7) is 2.85. The number of aromatic hydroxyl groups is 1. The largest absolute Gasteiger partial charge is 0.507 e. The van der Waals surface area contributed by atoms with E-state index in [2.05, 4.69) is 6.58 Å². The molecular weight excluding hydrogens is 332 g/mol. The van der Waals surface area contributed by atoms with E-state index in [4.69, 9.17) is 9.15 Å². The lowest BCUT2D eigenvalue weighted by molar-refractivity contribution is -0.232. The van der Waals surface area contributed by atoms with Crippen LogP contribution in [0.25, 0.3) is 6.08 Å². The molecule has 0 bridgehead atoms. The fraction of sp³-hybridized carbons (Fsp3) is 0.353. The molecule has 1 fully saturated rings. The summed E-state index contributed by atoms with van der Waals surface area (Å²) in [5.74, 6) is -0.447. The predicted molar refractivity (Wildman–Crippen MR) is 87.7 cm³/mol. The Labute approximate surface area is 143 Å². The summed E-state index contributed by atoms with van der Waals surface area (Å²) in [4.78, 5) is 12.2. The van der Waals surface area contributed by atoms with Gasteiger partial charge in [0.05, 0.1) is 6.61 Å². The smallest absolute Gasteiger partial charge is 0.345 e. The van der Waals surface area contributed by atoms with E-state index >= 15 is 0 Å². The first-order valence-corrected chi connectivity index (χ1v) is 7.54. The summed E-state index contributed by atoms with van der Waals surface area (Å²) < 4.78 is 10.3. The van der Waals surface area contributed by atoms with E-state index in [-0.39, 0.29) is 5.76 Å². The number of rotatable bonds is 5. The zero-order chi connectivity index (χ0) is 18.6. The fourth-order valence-electron chi connectivity index (χ4n) is 2.49. The van der Waals surface area contributed by atoms with Crippen molar-refractivity contribution in [3.05, 3.63) is 58.7 Å². The lowest BCUT2D eigenvalue weighted by Crippen LogP contribution is -2.55. The van der Waals surface area contributed by atoms with E-state index < -0.39 is 54.1 Å². The van der Waals surface area contributed by atoms with Crippen LogP contribution in [0.4, 0.5) is 0 Å². The Morgan fingerprint density at radius 2 is 1.84 bits per heavy atom.